The molecule has 0 bridgehead atoms. The number of hydrogen-bond acceptors (Lipinski definition) is 3. The molecule has 0 radical (unpaired) electrons. The summed E-state index contributed by atoms with van der Waals surface area (Å²) in [6, 6.07) is 0.443. The van der Waals surface area contributed by atoms with E-state index in [9.17, 15) is 4.79 Å². The average Bonchev–Trinajstić information content (AvgIpc) is 2.41. The van der Waals surface area contributed by atoms with Crippen LogP contribution < -0.4 is 5.32 Å². The van der Waals surface area contributed by atoms with E-state index in [1.54, 1.807) is 0 Å². The molecule has 1 saturated heterocycles. The van der Waals surface area contributed by atoms with Crippen LogP contribution in [0, 0.1) is 0 Å². The largest absolute Gasteiger partial charge is 0.464 e. The molecule has 1 aliphatic rings. The van der Waals surface area contributed by atoms with Gasteiger partial charge in [0.1, 0.15) is 6.61 Å². The minimum atomic E-state index is -0.196. The molecule has 0 spiro atoms. The molecule has 46 valence electrons. The SMILES string of the molecule is CC(=O)OCC1CN1. The van der Waals surface area contributed by atoms with Crippen LogP contribution in [0.2, 0.25) is 0 Å². The summed E-state index contributed by atoms with van der Waals surface area (Å²) in [5.41, 5.74) is 0. The molecule has 0 saturated carbocycles. The lowest BCUT2D eigenvalue weighted by Gasteiger charge is -1.94. The Kier molecular flexibility index (Phi) is 1.48. The van der Waals surface area contributed by atoms with Gasteiger partial charge in [-0.15, -0.1) is 0 Å². The van der Waals surface area contributed by atoms with Gasteiger partial charge in [0.15, 0.2) is 0 Å². The highest BCUT2D eigenvalue weighted by molar-refractivity contribution is 5.65. The maximum atomic E-state index is 10.1. The van der Waals surface area contributed by atoms with E-state index in [4.69, 9.17) is 0 Å². The summed E-state index contributed by atoms with van der Waals surface area (Å²) >= 11 is 0. The van der Waals surface area contributed by atoms with Gasteiger partial charge in [0.05, 0.1) is 6.04 Å². The number of esters is 1. The zero-order valence-electron chi connectivity index (χ0n) is 4.81. The molecule has 1 unspecified atom stereocenters. The quantitative estimate of drug-likeness (QED) is 0.390. The van der Waals surface area contributed by atoms with Crippen LogP contribution in [0.15, 0.2) is 0 Å². The smallest absolute Gasteiger partial charge is 0.302 e. The van der Waals surface area contributed by atoms with Gasteiger partial charge in [0.25, 0.3) is 0 Å². The Hall–Kier alpha value is -0.570. The van der Waals surface area contributed by atoms with Gasteiger partial charge in [-0.1, -0.05) is 0 Å². The number of carbonyl (C=O) groups excluding carboxylic acids is 1. The summed E-state index contributed by atoms with van der Waals surface area (Å²) in [6.45, 7) is 2.95. The van der Waals surface area contributed by atoms with Crippen LogP contribution in [0.1, 0.15) is 6.92 Å². The predicted octanol–water partition coefficient (Wildman–Crippen LogP) is -0.479. The summed E-state index contributed by atoms with van der Waals surface area (Å²) in [6.07, 6.45) is 0. The minimum Gasteiger partial charge on any atom is -0.464 e. The first kappa shape index (κ1) is 5.56. The van der Waals surface area contributed by atoms with E-state index in [0.29, 0.717) is 12.6 Å². The lowest BCUT2D eigenvalue weighted by atomic mass is 10.5. The third-order valence-corrected chi connectivity index (χ3v) is 0.981. The molecule has 0 aromatic heterocycles. The van der Waals surface area contributed by atoms with Crippen LogP contribution in [0.5, 0.6) is 0 Å². The average molecular weight is 115 g/mol. The highest BCUT2D eigenvalue weighted by atomic mass is 16.5. The van der Waals surface area contributed by atoms with Crippen molar-refractivity contribution in [3.05, 3.63) is 0 Å². The second-order valence-corrected chi connectivity index (χ2v) is 1.91. The second-order valence-electron chi connectivity index (χ2n) is 1.91. The standard InChI is InChI=1S/C5H9NO2/c1-4(7)8-3-5-2-6-5/h5-6H,2-3H2,1H3. The van der Waals surface area contributed by atoms with Crippen LogP contribution in [-0.4, -0.2) is 25.2 Å². The molecule has 1 N–H and O–H groups in total. The first-order chi connectivity index (χ1) is 3.79. The van der Waals surface area contributed by atoms with Crippen molar-refractivity contribution in [2.75, 3.05) is 13.2 Å². The van der Waals surface area contributed by atoms with Crippen molar-refractivity contribution in [2.24, 2.45) is 0 Å². The van der Waals surface area contributed by atoms with E-state index in [-0.39, 0.29) is 5.97 Å². The van der Waals surface area contributed by atoms with Gasteiger partial charge >= 0.3 is 5.97 Å². The molecule has 8 heavy (non-hydrogen) atoms. The molecule has 0 aromatic rings. The minimum absolute atomic E-state index is 0.196. The summed E-state index contributed by atoms with van der Waals surface area (Å²) < 4.78 is 4.66. The lowest BCUT2D eigenvalue weighted by Crippen LogP contribution is -2.07. The van der Waals surface area contributed by atoms with Crippen molar-refractivity contribution >= 4 is 5.97 Å². The van der Waals surface area contributed by atoms with E-state index in [0.717, 1.165) is 6.54 Å². The van der Waals surface area contributed by atoms with Crippen LogP contribution >= 0.6 is 0 Å². The van der Waals surface area contributed by atoms with Gasteiger partial charge in [0.2, 0.25) is 0 Å². The third kappa shape index (κ3) is 1.93. The Morgan fingerprint density at radius 3 is 3.00 bits per heavy atom. The van der Waals surface area contributed by atoms with Crippen LogP contribution in [0.4, 0.5) is 0 Å². The Morgan fingerprint density at radius 2 is 2.62 bits per heavy atom. The van der Waals surface area contributed by atoms with E-state index < -0.39 is 0 Å². The Bertz CT molecular complexity index is 98.6. The van der Waals surface area contributed by atoms with Gasteiger partial charge in [0, 0.05) is 13.5 Å². The predicted molar refractivity (Wildman–Crippen MR) is 28.4 cm³/mol. The van der Waals surface area contributed by atoms with Crippen LogP contribution in [-0.2, 0) is 9.53 Å². The van der Waals surface area contributed by atoms with Gasteiger partial charge in [-0.2, -0.15) is 0 Å². The lowest BCUT2D eigenvalue weighted by molar-refractivity contribution is -0.140. The Morgan fingerprint density at radius 1 is 2.00 bits per heavy atom. The molecule has 3 nitrogen and oxygen atoms in total. The van der Waals surface area contributed by atoms with Gasteiger partial charge in [-0.25, -0.2) is 0 Å². The van der Waals surface area contributed by atoms with Gasteiger partial charge in [-0.05, 0) is 0 Å². The molecule has 1 heterocycles. The normalized spacial score (nSPS) is 24.9. The van der Waals surface area contributed by atoms with Crippen molar-refractivity contribution in [3.63, 3.8) is 0 Å². The van der Waals surface area contributed by atoms with E-state index >= 15 is 0 Å². The topological polar surface area (TPSA) is 48.2 Å². The number of rotatable bonds is 2. The number of carbonyl (C=O) groups is 1. The fourth-order valence-electron chi connectivity index (χ4n) is 0.419. The first-order valence-electron chi connectivity index (χ1n) is 2.66. The molecule has 1 rings (SSSR count). The van der Waals surface area contributed by atoms with Gasteiger partial charge in [-0.3, -0.25) is 4.79 Å². The fraction of sp³-hybridized carbons (Fsp3) is 0.800. The zero-order chi connectivity index (χ0) is 5.98. The number of ether oxygens (including phenoxy) is 1. The maximum absolute atomic E-state index is 10.1. The highest BCUT2D eigenvalue weighted by Gasteiger charge is 2.20. The molecule has 3 heteroatoms. The maximum Gasteiger partial charge on any atom is 0.302 e. The molecule has 0 amide bonds. The summed E-state index contributed by atoms with van der Waals surface area (Å²) in [5, 5.41) is 3.01. The first-order valence-corrected chi connectivity index (χ1v) is 2.66. The van der Waals surface area contributed by atoms with E-state index in [2.05, 4.69) is 10.1 Å². The molecular formula is C5H9NO2. The number of nitrogens with one attached hydrogen (secondary N) is 1. The molecule has 1 atom stereocenters. The Balaban J connectivity index is 1.95. The molecule has 1 fully saturated rings. The monoisotopic (exact) mass is 115 g/mol. The molecule has 1 aliphatic heterocycles. The fourth-order valence-corrected chi connectivity index (χ4v) is 0.419. The third-order valence-electron chi connectivity index (χ3n) is 0.981. The van der Waals surface area contributed by atoms with Crippen molar-refractivity contribution in [1.29, 1.82) is 0 Å². The van der Waals surface area contributed by atoms with E-state index in [1.165, 1.54) is 6.92 Å². The van der Waals surface area contributed by atoms with Crippen LogP contribution in [0.25, 0.3) is 0 Å². The summed E-state index contributed by atoms with van der Waals surface area (Å²) in [4.78, 5) is 10.1. The molecular weight excluding hydrogens is 106 g/mol. The summed E-state index contributed by atoms with van der Waals surface area (Å²) in [7, 11) is 0. The van der Waals surface area contributed by atoms with Crippen molar-refractivity contribution in [3.8, 4) is 0 Å². The van der Waals surface area contributed by atoms with Gasteiger partial charge < -0.3 is 10.1 Å². The highest BCUT2D eigenvalue weighted by Crippen LogP contribution is 1.95. The number of hydrogen-bond donors (Lipinski definition) is 1. The molecule has 0 aromatic carbocycles. The second kappa shape index (κ2) is 2.13. The van der Waals surface area contributed by atoms with Crippen molar-refractivity contribution in [1.82, 2.24) is 5.32 Å². The zero-order valence-corrected chi connectivity index (χ0v) is 4.81. The van der Waals surface area contributed by atoms with Crippen LogP contribution in [0.3, 0.4) is 0 Å². The molecule has 0 aliphatic carbocycles. The Labute approximate surface area is 48.0 Å². The van der Waals surface area contributed by atoms with Crippen molar-refractivity contribution < 1.29 is 9.53 Å². The van der Waals surface area contributed by atoms with Crippen molar-refractivity contribution in [2.45, 2.75) is 13.0 Å². The van der Waals surface area contributed by atoms with E-state index in [1.807, 2.05) is 0 Å². The summed E-state index contributed by atoms with van der Waals surface area (Å²) in [5.74, 6) is -0.196.